The van der Waals surface area contributed by atoms with Gasteiger partial charge in [0, 0.05) is 5.56 Å². The molecule has 0 unspecified atom stereocenters. The molecule has 0 radical (unpaired) electrons. The van der Waals surface area contributed by atoms with Crippen LogP contribution in [0.4, 0.5) is 5.82 Å². The molecule has 0 aliphatic heterocycles. The fourth-order valence-corrected chi connectivity index (χ4v) is 2.53. The van der Waals surface area contributed by atoms with E-state index in [1.54, 1.807) is 0 Å². The molecule has 10 heteroatoms. The van der Waals surface area contributed by atoms with Crippen molar-refractivity contribution >= 4 is 28.7 Å². The lowest BCUT2D eigenvalue weighted by Crippen LogP contribution is -2.31. The third kappa shape index (κ3) is 4.41. The molecule has 144 valence electrons. The number of carbonyl (C=O) groups excluding carboxylic acids is 1. The number of nitrogens with one attached hydrogen (secondary N) is 4. The minimum atomic E-state index is -0.732. The SMILES string of the molecule is CCOc1ccc2ccccc2c1/C=N/NC(=O)CNc1n[nH]c(=O)[nH]c1=O. The van der Waals surface area contributed by atoms with E-state index in [0.29, 0.717) is 12.4 Å². The molecule has 1 amide bonds. The molecule has 4 N–H and O–H groups in total. The number of hydrogen-bond donors (Lipinski definition) is 4. The molecule has 1 heterocycles. The summed E-state index contributed by atoms with van der Waals surface area (Å²) in [5, 5.41) is 14.0. The van der Waals surface area contributed by atoms with E-state index in [1.807, 2.05) is 48.3 Å². The predicted octanol–water partition coefficient (Wildman–Crippen LogP) is 0.572. The Hall–Kier alpha value is -3.95. The number of hydrazone groups is 1. The lowest BCUT2D eigenvalue weighted by molar-refractivity contribution is -0.119. The number of aromatic amines is 2. The molecule has 0 bridgehead atoms. The van der Waals surface area contributed by atoms with E-state index in [0.717, 1.165) is 16.3 Å². The van der Waals surface area contributed by atoms with Crippen LogP contribution in [0.2, 0.25) is 0 Å². The van der Waals surface area contributed by atoms with Crippen LogP contribution in [0.25, 0.3) is 10.8 Å². The third-order valence-corrected chi connectivity index (χ3v) is 3.74. The topological polar surface area (TPSA) is 141 Å². The van der Waals surface area contributed by atoms with E-state index in [-0.39, 0.29) is 12.4 Å². The second-order valence-electron chi connectivity index (χ2n) is 5.63. The van der Waals surface area contributed by atoms with Crippen LogP contribution in [0, 0.1) is 0 Å². The standard InChI is InChI=1S/C18H18N6O4/c1-2-28-14-8-7-11-5-3-4-6-12(11)13(14)9-20-22-15(25)10-19-16-17(26)21-18(27)24-23-16/h3-9H,2,10H2,1H3,(H,19,23)(H,22,25)(H2,21,24,26,27)/b20-9+. The first-order chi connectivity index (χ1) is 13.6. The number of rotatable bonds is 7. The molecule has 1 aromatic heterocycles. The van der Waals surface area contributed by atoms with Gasteiger partial charge in [0.15, 0.2) is 0 Å². The van der Waals surface area contributed by atoms with Crippen molar-refractivity contribution in [1.82, 2.24) is 20.6 Å². The zero-order chi connectivity index (χ0) is 19.9. The number of benzene rings is 2. The van der Waals surface area contributed by atoms with Crippen LogP contribution < -0.4 is 26.7 Å². The summed E-state index contributed by atoms with van der Waals surface area (Å²) >= 11 is 0. The molecule has 0 aliphatic carbocycles. The number of aromatic nitrogens is 3. The molecular weight excluding hydrogens is 364 g/mol. The monoisotopic (exact) mass is 382 g/mol. The van der Waals surface area contributed by atoms with Gasteiger partial charge in [-0.05, 0) is 23.8 Å². The van der Waals surface area contributed by atoms with Crippen LogP contribution in [-0.2, 0) is 4.79 Å². The summed E-state index contributed by atoms with van der Waals surface area (Å²) in [6.07, 6.45) is 1.51. The number of anilines is 1. The second-order valence-corrected chi connectivity index (χ2v) is 5.63. The molecule has 3 rings (SSSR count). The van der Waals surface area contributed by atoms with Crippen molar-refractivity contribution in [2.75, 3.05) is 18.5 Å². The molecular formula is C18H18N6O4. The smallest absolute Gasteiger partial charge is 0.342 e. The number of ether oxygens (including phenoxy) is 1. The number of nitrogens with zero attached hydrogens (tertiary/aromatic N) is 2. The number of amides is 1. The Morgan fingerprint density at radius 1 is 1.25 bits per heavy atom. The molecule has 0 saturated heterocycles. The maximum absolute atomic E-state index is 11.9. The summed E-state index contributed by atoms with van der Waals surface area (Å²) in [6, 6.07) is 11.6. The summed E-state index contributed by atoms with van der Waals surface area (Å²) in [7, 11) is 0. The summed E-state index contributed by atoms with van der Waals surface area (Å²) in [5.74, 6) is -0.0189. The highest BCUT2D eigenvalue weighted by atomic mass is 16.5. The van der Waals surface area contributed by atoms with Crippen LogP contribution in [-0.4, -0.2) is 40.5 Å². The normalized spacial score (nSPS) is 10.9. The molecule has 10 nitrogen and oxygen atoms in total. The highest BCUT2D eigenvalue weighted by Gasteiger charge is 2.08. The number of hydrogen-bond acceptors (Lipinski definition) is 7. The van der Waals surface area contributed by atoms with Crippen molar-refractivity contribution in [3.8, 4) is 5.75 Å². The minimum absolute atomic E-state index is 0.175. The first-order valence-electron chi connectivity index (χ1n) is 8.48. The molecule has 0 spiro atoms. The predicted molar refractivity (Wildman–Crippen MR) is 105 cm³/mol. The van der Waals surface area contributed by atoms with Gasteiger partial charge in [-0.25, -0.2) is 15.3 Å². The van der Waals surface area contributed by atoms with Crippen molar-refractivity contribution < 1.29 is 9.53 Å². The molecule has 0 fully saturated rings. The van der Waals surface area contributed by atoms with Crippen LogP contribution in [0.1, 0.15) is 12.5 Å². The van der Waals surface area contributed by atoms with Crippen LogP contribution in [0.3, 0.4) is 0 Å². The molecule has 0 aliphatic rings. The maximum Gasteiger partial charge on any atom is 0.342 e. The molecule has 28 heavy (non-hydrogen) atoms. The van der Waals surface area contributed by atoms with Crippen molar-refractivity contribution in [2.45, 2.75) is 6.92 Å². The average molecular weight is 382 g/mol. The van der Waals surface area contributed by atoms with Crippen molar-refractivity contribution in [3.05, 3.63) is 62.8 Å². The summed E-state index contributed by atoms with van der Waals surface area (Å²) in [5.41, 5.74) is 1.65. The van der Waals surface area contributed by atoms with Gasteiger partial charge in [0.05, 0.1) is 19.4 Å². The lowest BCUT2D eigenvalue weighted by Gasteiger charge is -2.10. The Labute approximate surface area is 158 Å². The van der Waals surface area contributed by atoms with Gasteiger partial charge in [0.25, 0.3) is 11.5 Å². The van der Waals surface area contributed by atoms with Gasteiger partial charge in [-0.2, -0.15) is 5.10 Å². The summed E-state index contributed by atoms with van der Waals surface area (Å²) < 4.78 is 5.64. The van der Waals surface area contributed by atoms with Gasteiger partial charge >= 0.3 is 5.69 Å². The second kappa shape index (κ2) is 8.62. The van der Waals surface area contributed by atoms with Crippen LogP contribution >= 0.6 is 0 Å². The summed E-state index contributed by atoms with van der Waals surface area (Å²) in [4.78, 5) is 36.3. The van der Waals surface area contributed by atoms with E-state index >= 15 is 0 Å². The quantitative estimate of drug-likeness (QED) is 0.348. The Kier molecular flexibility index (Phi) is 5.80. The van der Waals surface area contributed by atoms with Gasteiger partial charge in [-0.15, -0.1) is 5.10 Å². The van der Waals surface area contributed by atoms with Gasteiger partial charge in [0.1, 0.15) is 5.75 Å². The van der Waals surface area contributed by atoms with E-state index in [4.69, 9.17) is 4.74 Å². The fourth-order valence-electron chi connectivity index (χ4n) is 2.53. The van der Waals surface area contributed by atoms with Crippen LogP contribution in [0.5, 0.6) is 5.75 Å². The van der Waals surface area contributed by atoms with Gasteiger partial charge in [-0.1, -0.05) is 30.3 Å². The molecule has 0 saturated carbocycles. The van der Waals surface area contributed by atoms with Crippen molar-refractivity contribution in [2.24, 2.45) is 5.10 Å². The summed E-state index contributed by atoms with van der Waals surface area (Å²) in [6.45, 7) is 2.12. The van der Waals surface area contributed by atoms with Gasteiger partial charge in [-0.3, -0.25) is 14.6 Å². The highest BCUT2D eigenvalue weighted by molar-refractivity contribution is 6.02. The first-order valence-corrected chi connectivity index (χ1v) is 8.48. The number of fused-ring (bicyclic) bond motifs is 1. The minimum Gasteiger partial charge on any atom is -0.493 e. The molecule has 0 atom stereocenters. The third-order valence-electron chi connectivity index (χ3n) is 3.74. The zero-order valence-corrected chi connectivity index (χ0v) is 15.0. The van der Waals surface area contributed by atoms with Gasteiger partial charge < -0.3 is 10.1 Å². The Bertz CT molecular complexity index is 1130. The Morgan fingerprint density at radius 2 is 2.07 bits per heavy atom. The van der Waals surface area contributed by atoms with E-state index in [1.165, 1.54) is 6.21 Å². The first kappa shape index (κ1) is 18.8. The van der Waals surface area contributed by atoms with Gasteiger partial charge in [0.2, 0.25) is 5.82 Å². The average Bonchev–Trinajstić information content (AvgIpc) is 2.69. The number of carbonyl (C=O) groups is 1. The molecule has 2 aromatic carbocycles. The lowest BCUT2D eigenvalue weighted by atomic mass is 10.0. The Balaban J connectivity index is 1.70. The van der Waals surface area contributed by atoms with E-state index in [9.17, 15) is 14.4 Å². The number of H-pyrrole nitrogens is 2. The van der Waals surface area contributed by atoms with Crippen LogP contribution in [0.15, 0.2) is 51.1 Å². The van der Waals surface area contributed by atoms with Crippen molar-refractivity contribution in [1.29, 1.82) is 0 Å². The molecule has 3 aromatic rings. The Morgan fingerprint density at radius 3 is 2.86 bits per heavy atom. The van der Waals surface area contributed by atoms with Crippen molar-refractivity contribution in [3.63, 3.8) is 0 Å². The fraction of sp³-hybridized carbons (Fsp3) is 0.167. The largest absolute Gasteiger partial charge is 0.493 e. The maximum atomic E-state index is 11.9. The zero-order valence-electron chi connectivity index (χ0n) is 15.0. The highest BCUT2D eigenvalue weighted by Crippen LogP contribution is 2.26. The van der Waals surface area contributed by atoms with E-state index in [2.05, 4.69) is 26.0 Å². The van der Waals surface area contributed by atoms with E-state index < -0.39 is 17.2 Å².